The van der Waals surface area contributed by atoms with Gasteiger partial charge in [-0.3, -0.25) is 0 Å². The fourth-order valence-electron chi connectivity index (χ4n) is 4.11. The van der Waals surface area contributed by atoms with Gasteiger partial charge in [-0.25, -0.2) is 4.79 Å². The number of anilines is 2. The second-order valence-corrected chi connectivity index (χ2v) is 9.09. The first kappa shape index (κ1) is 27.9. The van der Waals surface area contributed by atoms with Crippen LogP contribution >= 0.6 is 0 Å². The molecule has 1 aromatic heterocycles. The van der Waals surface area contributed by atoms with Crippen molar-refractivity contribution < 1.29 is 28.8 Å². The summed E-state index contributed by atoms with van der Waals surface area (Å²) in [6, 6.07) is 14.8. The van der Waals surface area contributed by atoms with E-state index >= 15 is 0 Å². The van der Waals surface area contributed by atoms with Crippen LogP contribution in [0.1, 0.15) is 25.3 Å². The number of carboxylic acid groups (broad SMARTS) is 1. The van der Waals surface area contributed by atoms with Crippen LogP contribution in [0.2, 0.25) is 0 Å². The zero-order valence-corrected chi connectivity index (χ0v) is 22.6. The van der Waals surface area contributed by atoms with Gasteiger partial charge in [0, 0.05) is 33.2 Å². The highest BCUT2D eigenvalue weighted by Gasteiger charge is 2.20. The van der Waals surface area contributed by atoms with Crippen LogP contribution in [0.5, 0.6) is 23.3 Å². The normalized spacial score (nSPS) is 13.7. The van der Waals surface area contributed by atoms with E-state index in [-0.39, 0.29) is 6.01 Å². The molecular formula is C28H35N5O6. The van der Waals surface area contributed by atoms with Crippen LogP contribution in [0, 0.1) is 0 Å². The van der Waals surface area contributed by atoms with Gasteiger partial charge in [-0.05, 0) is 61.7 Å². The zero-order valence-electron chi connectivity index (χ0n) is 22.6. The average molecular weight is 538 g/mol. The summed E-state index contributed by atoms with van der Waals surface area (Å²) in [5.74, 6) is 2.14. The van der Waals surface area contributed by atoms with Gasteiger partial charge in [-0.1, -0.05) is 12.1 Å². The molecule has 0 spiro atoms. The number of likely N-dealkylation sites (N-methyl/N-ethyl adjacent to an activating group) is 1. The quantitative estimate of drug-likeness (QED) is 0.323. The van der Waals surface area contributed by atoms with E-state index in [0.717, 1.165) is 37.2 Å². The number of nitrogens with zero attached hydrogens (tertiary/aromatic N) is 5. The summed E-state index contributed by atoms with van der Waals surface area (Å²) in [7, 11) is 3.51. The maximum Gasteiger partial charge on any atom is 0.333 e. The molecule has 0 radical (unpaired) electrons. The van der Waals surface area contributed by atoms with Crippen molar-refractivity contribution >= 4 is 17.9 Å². The molecule has 11 heteroatoms. The predicted octanol–water partition coefficient (Wildman–Crippen LogP) is 3.82. The van der Waals surface area contributed by atoms with Crippen LogP contribution in [0.4, 0.5) is 11.9 Å². The fraction of sp³-hybridized carbons (Fsp3) is 0.429. The van der Waals surface area contributed by atoms with Gasteiger partial charge in [0.1, 0.15) is 23.9 Å². The van der Waals surface area contributed by atoms with Crippen molar-refractivity contribution in [2.24, 2.45) is 0 Å². The molecule has 2 aromatic carbocycles. The first-order valence-electron chi connectivity index (χ1n) is 13.1. The van der Waals surface area contributed by atoms with E-state index in [9.17, 15) is 9.90 Å². The smallest absolute Gasteiger partial charge is 0.333 e. The van der Waals surface area contributed by atoms with E-state index in [1.165, 1.54) is 0 Å². The van der Waals surface area contributed by atoms with E-state index < -0.39 is 12.1 Å². The second-order valence-electron chi connectivity index (χ2n) is 9.09. The van der Waals surface area contributed by atoms with Crippen LogP contribution in [0.3, 0.4) is 0 Å². The number of carboxylic acids is 1. The standard InChI is InChI=1S/C28H35N5O6/c1-4-37-24(25(34)35)19-20-7-9-22(10-8-20)38-18-17-32(2)26-29-27(33-15-5-6-16-33)31-28(30-26)39-23-13-11-21(36-3)12-14-23/h7-14,24H,4-6,15-19H2,1-3H3,(H,34,35). The molecule has 1 saturated heterocycles. The highest BCUT2D eigenvalue weighted by atomic mass is 16.5. The number of rotatable bonds is 14. The lowest BCUT2D eigenvalue weighted by Gasteiger charge is -2.21. The van der Waals surface area contributed by atoms with Gasteiger partial charge in [-0.15, -0.1) is 0 Å². The first-order chi connectivity index (χ1) is 18.9. The van der Waals surface area contributed by atoms with Crippen molar-refractivity contribution in [2.75, 3.05) is 56.8 Å². The maximum atomic E-state index is 11.3. The number of benzene rings is 2. The Kier molecular flexibility index (Phi) is 9.74. The molecule has 0 saturated carbocycles. The van der Waals surface area contributed by atoms with Crippen molar-refractivity contribution in [1.82, 2.24) is 15.0 Å². The number of hydrogen-bond donors (Lipinski definition) is 1. The highest BCUT2D eigenvalue weighted by Crippen LogP contribution is 2.26. The summed E-state index contributed by atoms with van der Waals surface area (Å²) in [6.07, 6.45) is 1.63. The molecule has 1 aliphatic rings. The van der Waals surface area contributed by atoms with Gasteiger partial charge >= 0.3 is 12.0 Å². The van der Waals surface area contributed by atoms with Crippen LogP contribution in [-0.2, 0) is 16.0 Å². The topological polar surface area (TPSA) is 119 Å². The summed E-state index contributed by atoms with van der Waals surface area (Å²) < 4.78 is 22.4. The number of ether oxygens (including phenoxy) is 4. The Balaban J connectivity index is 1.38. The fourth-order valence-corrected chi connectivity index (χ4v) is 4.11. The van der Waals surface area contributed by atoms with Crippen molar-refractivity contribution in [2.45, 2.75) is 32.3 Å². The Morgan fingerprint density at radius 3 is 2.31 bits per heavy atom. The number of carbonyl (C=O) groups is 1. The average Bonchev–Trinajstić information content (AvgIpc) is 3.49. The highest BCUT2D eigenvalue weighted by molar-refractivity contribution is 5.72. The first-order valence-corrected chi connectivity index (χ1v) is 13.1. The molecule has 1 fully saturated rings. The number of hydrogen-bond acceptors (Lipinski definition) is 10. The molecule has 11 nitrogen and oxygen atoms in total. The van der Waals surface area contributed by atoms with Gasteiger partial charge in [0.25, 0.3) is 0 Å². The molecule has 2 heterocycles. The van der Waals surface area contributed by atoms with E-state index in [2.05, 4.69) is 14.9 Å². The molecule has 1 unspecified atom stereocenters. The van der Waals surface area contributed by atoms with Gasteiger partial charge in [0.2, 0.25) is 11.9 Å². The summed E-state index contributed by atoms with van der Waals surface area (Å²) in [5.41, 5.74) is 0.865. The molecule has 0 bridgehead atoms. The van der Waals surface area contributed by atoms with Crippen LogP contribution in [0.25, 0.3) is 0 Å². The molecule has 3 aromatic rings. The van der Waals surface area contributed by atoms with Gasteiger partial charge in [0.15, 0.2) is 6.10 Å². The van der Waals surface area contributed by atoms with Gasteiger partial charge in [0.05, 0.1) is 13.7 Å². The van der Waals surface area contributed by atoms with Crippen molar-refractivity contribution in [3.8, 4) is 23.3 Å². The Bertz CT molecular complexity index is 1200. The predicted molar refractivity (Wildman–Crippen MR) is 146 cm³/mol. The van der Waals surface area contributed by atoms with Crippen molar-refractivity contribution in [3.05, 3.63) is 54.1 Å². The molecule has 0 amide bonds. The molecule has 1 N–H and O–H groups in total. The lowest BCUT2D eigenvalue weighted by Crippen LogP contribution is -2.28. The van der Waals surface area contributed by atoms with E-state index in [1.54, 1.807) is 26.2 Å². The summed E-state index contributed by atoms with van der Waals surface area (Å²) in [6.45, 7) is 4.84. The SMILES string of the molecule is CCOC(Cc1ccc(OCCN(C)c2nc(Oc3ccc(OC)cc3)nc(N3CCCC3)n2)cc1)C(=O)O. The van der Waals surface area contributed by atoms with Crippen molar-refractivity contribution in [3.63, 3.8) is 0 Å². The number of aromatic nitrogens is 3. The minimum atomic E-state index is -0.969. The lowest BCUT2D eigenvalue weighted by atomic mass is 10.1. The van der Waals surface area contributed by atoms with Crippen molar-refractivity contribution in [1.29, 1.82) is 0 Å². The molecule has 208 valence electrons. The van der Waals surface area contributed by atoms with Crippen LogP contribution in [0.15, 0.2) is 48.5 Å². The summed E-state index contributed by atoms with van der Waals surface area (Å²) >= 11 is 0. The van der Waals surface area contributed by atoms with Crippen LogP contribution < -0.4 is 24.0 Å². The lowest BCUT2D eigenvalue weighted by molar-refractivity contribution is -0.149. The number of aliphatic carboxylic acids is 1. The zero-order chi connectivity index (χ0) is 27.6. The van der Waals surface area contributed by atoms with Gasteiger partial charge < -0.3 is 33.9 Å². The Hall–Kier alpha value is -4.12. The monoisotopic (exact) mass is 537 g/mol. The van der Waals surface area contributed by atoms with E-state index in [0.29, 0.717) is 49.6 Å². The molecule has 0 aliphatic carbocycles. The van der Waals surface area contributed by atoms with E-state index in [1.807, 2.05) is 48.3 Å². The Labute approximate surface area is 228 Å². The summed E-state index contributed by atoms with van der Waals surface area (Å²) in [4.78, 5) is 29.2. The molecule has 39 heavy (non-hydrogen) atoms. The molecule has 4 rings (SSSR count). The largest absolute Gasteiger partial charge is 0.497 e. The third-order valence-corrected chi connectivity index (χ3v) is 6.27. The third-order valence-electron chi connectivity index (χ3n) is 6.27. The number of methoxy groups -OCH3 is 1. The van der Waals surface area contributed by atoms with Crippen LogP contribution in [-0.4, -0.2) is 79.1 Å². The minimum Gasteiger partial charge on any atom is -0.497 e. The van der Waals surface area contributed by atoms with E-state index in [4.69, 9.17) is 23.9 Å². The Morgan fingerprint density at radius 1 is 1.00 bits per heavy atom. The Morgan fingerprint density at radius 2 is 1.67 bits per heavy atom. The second kappa shape index (κ2) is 13.6. The maximum absolute atomic E-state index is 11.3. The molecule has 1 aliphatic heterocycles. The molecule has 1 atom stereocenters. The van der Waals surface area contributed by atoms with Gasteiger partial charge in [-0.2, -0.15) is 15.0 Å². The molecular weight excluding hydrogens is 502 g/mol. The minimum absolute atomic E-state index is 0.224. The third kappa shape index (κ3) is 7.93. The summed E-state index contributed by atoms with van der Waals surface area (Å²) in [5, 5.41) is 9.29.